The molecule has 3 aromatic rings. The van der Waals surface area contributed by atoms with Crippen LogP contribution in [-0.2, 0) is 0 Å². The summed E-state index contributed by atoms with van der Waals surface area (Å²) in [5, 5.41) is 2.04. The molecule has 0 radical (unpaired) electrons. The van der Waals surface area contributed by atoms with E-state index in [4.69, 9.17) is 10.5 Å². The fraction of sp³-hybridized carbons (Fsp3) is 0.318. The van der Waals surface area contributed by atoms with Crippen LogP contribution in [-0.4, -0.2) is 29.1 Å². The third kappa shape index (κ3) is 3.51. The average Bonchev–Trinajstić information content (AvgIpc) is 2.68. The van der Waals surface area contributed by atoms with Crippen molar-refractivity contribution in [3.63, 3.8) is 0 Å². The van der Waals surface area contributed by atoms with Gasteiger partial charge >= 0.3 is 0 Å². The van der Waals surface area contributed by atoms with E-state index in [-0.39, 0.29) is 6.10 Å². The maximum atomic E-state index is 6.32. The molecule has 0 aliphatic carbocycles. The minimum Gasteiger partial charge on any atom is -0.489 e. The first-order valence-electron chi connectivity index (χ1n) is 9.30. The van der Waals surface area contributed by atoms with Gasteiger partial charge in [-0.2, -0.15) is 0 Å². The second-order valence-electron chi connectivity index (χ2n) is 7.04. The van der Waals surface area contributed by atoms with E-state index in [2.05, 4.69) is 53.2 Å². The summed E-state index contributed by atoms with van der Waals surface area (Å²) in [7, 11) is 0. The van der Waals surface area contributed by atoms with E-state index < -0.39 is 0 Å². The molecule has 2 unspecified atom stereocenters. The third-order valence-corrected chi connectivity index (χ3v) is 5.31. The Morgan fingerprint density at radius 1 is 1.15 bits per heavy atom. The molecule has 134 valence electrons. The van der Waals surface area contributed by atoms with Gasteiger partial charge in [-0.05, 0) is 61.5 Å². The number of benzene rings is 2. The van der Waals surface area contributed by atoms with Crippen LogP contribution in [0.3, 0.4) is 0 Å². The van der Waals surface area contributed by atoms with Crippen LogP contribution in [0.4, 0.5) is 5.82 Å². The van der Waals surface area contributed by atoms with E-state index in [0.717, 1.165) is 42.5 Å². The largest absolute Gasteiger partial charge is 0.489 e. The number of rotatable bonds is 4. The number of nitrogens with two attached hydrogens (primary N) is 1. The van der Waals surface area contributed by atoms with Crippen molar-refractivity contribution in [2.24, 2.45) is 0 Å². The molecule has 2 heterocycles. The smallest absolute Gasteiger partial charge is 0.131 e. The summed E-state index contributed by atoms with van der Waals surface area (Å²) in [6, 6.07) is 19.1. The van der Waals surface area contributed by atoms with Crippen LogP contribution in [0, 0.1) is 0 Å². The number of nitrogen functional groups attached to an aromatic ring is 1. The molecular formula is C22H25N3O. The van der Waals surface area contributed by atoms with Crippen molar-refractivity contribution in [3.05, 3.63) is 66.4 Å². The molecule has 1 aliphatic heterocycles. The van der Waals surface area contributed by atoms with Gasteiger partial charge in [0.25, 0.3) is 0 Å². The zero-order valence-electron chi connectivity index (χ0n) is 15.1. The number of likely N-dealkylation sites (tertiary alicyclic amines) is 1. The van der Waals surface area contributed by atoms with Crippen LogP contribution in [0.25, 0.3) is 10.8 Å². The number of aromatic nitrogens is 1. The van der Waals surface area contributed by atoms with Crippen molar-refractivity contribution in [3.8, 4) is 5.75 Å². The molecular weight excluding hydrogens is 322 g/mol. The first-order valence-corrected chi connectivity index (χ1v) is 9.30. The first-order chi connectivity index (χ1) is 12.7. The highest BCUT2D eigenvalue weighted by atomic mass is 16.5. The van der Waals surface area contributed by atoms with E-state index in [9.17, 15) is 0 Å². The lowest BCUT2D eigenvalue weighted by Gasteiger charge is -2.37. The molecule has 0 amide bonds. The summed E-state index contributed by atoms with van der Waals surface area (Å²) in [6.45, 7) is 4.35. The second-order valence-corrected chi connectivity index (χ2v) is 7.04. The van der Waals surface area contributed by atoms with Gasteiger partial charge in [0.1, 0.15) is 17.7 Å². The van der Waals surface area contributed by atoms with Gasteiger partial charge in [-0.1, -0.05) is 30.3 Å². The van der Waals surface area contributed by atoms with Gasteiger partial charge < -0.3 is 10.5 Å². The molecule has 4 heteroatoms. The molecule has 0 saturated carbocycles. The first kappa shape index (κ1) is 16.9. The van der Waals surface area contributed by atoms with Crippen molar-refractivity contribution < 1.29 is 4.74 Å². The molecule has 2 N–H and O–H groups in total. The summed E-state index contributed by atoms with van der Waals surface area (Å²) in [6.07, 6.45) is 4.21. The highest BCUT2D eigenvalue weighted by molar-refractivity contribution is 5.91. The Bertz CT molecular complexity index is 881. The lowest BCUT2D eigenvalue weighted by molar-refractivity contribution is 0.0659. The molecule has 1 saturated heterocycles. The lowest BCUT2D eigenvalue weighted by atomic mass is 10.0. The molecule has 4 rings (SSSR count). The molecule has 1 aromatic heterocycles. The van der Waals surface area contributed by atoms with Gasteiger partial charge in [0.05, 0.1) is 0 Å². The number of nitrogens with zero attached hydrogens (tertiary/aromatic N) is 2. The summed E-state index contributed by atoms with van der Waals surface area (Å²) < 4.78 is 6.32. The Morgan fingerprint density at radius 3 is 2.85 bits per heavy atom. The number of hydrogen-bond donors (Lipinski definition) is 1. The summed E-state index contributed by atoms with van der Waals surface area (Å²) in [5.74, 6) is 1.47. The summed E-state index contributed by atoms with van der Waals surface area (Å²) in [4.78, 5) is 6.66. The van der Waals surface area contributed by atoms with Crippen molar-refractivity contribution in [2.75, 3.05) is 18.8 Å². The van der Waals surface area contributed by atoms with E-state index >= 15 is 0 Å². The predicted molar refractivity (Wildman–Crippen MR) is 106 cm³/mol. The van der Waals surface area contributed by atoms with Gasteiger partial charge in [0.2, 0.25) is 0 Å². The highest BCUT2D eigenvalue weighted by Crippen LogP contribution is 2.28. The quantitative estimate of drug-likeness (QED) is 0.759. The third-order valence-electron chi connectivity index (χ3n) is 5.31. The molecule has 1 aliphatic rings. The van der Waals surface area contributed by atoms with Gasteiger partial charge in [0.15, 0.2) is 0 Å². The Morgan fingerprint density at radius 2 is 2.00 bits per heavy atom. The number of pyridine rings is 1. The number of anilines is 1. The molecule has 4 nitrogen and oxygen atoms in total. The molecule has 0 bridgehead atoms. The number of hydrogen-bond acceptors (Lipinski definition) is 4. The van der Waals surface area contributed by atoms with Gasteiger partial charge in [-0.3, -0.25) is 4.90 Å². The monoisotopic (exact) mass is 347 g/mol. The SMILES string of the molecule is CC(c1ccccc1)N1CCCC(Oc2ccc3c(N)nccc3c2)C1. The maximum absolute atomic E-state index is 6.32. The molecule has 2 atom stereocenters. The number of piperidine rings is 1. The normalized spacial score (nSPS) is 19.3. The van der Waals surface area contributed by atoms with Crippen LogP contribution in [0.15, 0.2) is 60.8 Å². The van der Waals surface area contributed by atoms with Crippen molar-refractivity contribution in [2.45, 2.75) is 31.9 Å². The van der Waals surface area contributed by atoms with E-state index in [1.807, 2.05) is 18.2 Å². The average molecular weight is 347 g/mol. The molecule has 26 heavy (non-hydrogen) atoms. The second kappa shape index (κ2) is 7.34. The van der Waals surface area contributed by atoms with Gasteiger partial charge in [0, 0.05) is 24.2 Å². The van der Waals surface area contributed by atoms with E-state index in [1.165, 1.54) is 5.56 Å². The van der Waals surface area contributed by atoms with Crippen LogP contribution >= 0.6 is 0 Å². The predicted octanol–water partition coefficient (Wildman–Crippen LogP) is 4.42. The Hall–Kier alpha value is -2.59. The Kier molecular flexibility index (Phi) is 4.76. The standard InChI is InChI=1S/C22H25N3O/c1-16(17-6-3-2-4-7-17)25-13-5-8-20(15-25)26-19-9-10-21-18(14-19)11-12-24-22(21)23/h2-4,6-7,9-12,14,16,20H,5,8,13,15H2,1H3,(H2,23,24). The van der Waals surface area contributed by atoms with Crippen LogP contribution in [0.5, 0.6) is 5.75 Å². The highest BCUT2D eigenvalue weighted by Gasteiger charge is 2.25. The van der Waals surface area contributed by atoms with Gasteiger partial charge in [-0.15, -0.1) is 0 Å². The zero-order chi connectivity index (χ0) is 17.9. The fourth-order valence-electron chi connectivity index (χ4n) is 3.80. The van der Waals surface area contributed by atoms with Crippen molar-refractivity contribution >= 4 is 16.6 Å². The Balaban J connectivity index is 1.47. The topological polar surface area (TPSA) is 51.4 Å². The minimum absolute atomic E-state index is 0.214. The molecule has 1 fully saturated rings. The maximum Gasteiger partial charge on any atom is 0.131 e. The summed E-state index contributed by atoms with van der Waals surface area (Å²) in [5.41, 5.74) is 7.30. The minimum atomic E-state index is 0.214. The Labute approximate surface area is 154 Å². The summed E-state index contributed by atoms with van der Waals surface area (Å²) >= 11 is 0. The van der Waals surface area contributed by atoms with Crippen molar-refractivity contribution in [1.82, 2.24) is 9.88 Å². The van der Waals surface area contributed by atoms with E-state index in [0.29, 0.717) is 11.9 Å². The van der Waals surface area contributed by atoms with E-state index in [1.54, 1.807) is 6.20 Å². The van der Waals surface area contributed by atoms with Gasteiger partial charge in [-0.25, -0.2) is 4.98 Å². The lowest BCUT2D eigenvalue weighted by Crippen LogP contribution is -2.42. The number of fused-ring (bicyclic) bond motifs is 1. The van der Waals surface area contributed by atoms with Crippen LogP contribution in [0.1, 0.15) is 31.4 Å². The van der Waals surface area contributed by atoms with Crippen molar-refractivity contribution in [1.29, 1.82) is 0 Å². The number of ether oxygens (including phenoxy) is 1. The molecule has 2 aromatic carbocycles. The van der Waals surface area contributed by atoms with Crippen LogP contribution < -0.4 is 10.5 Å². The fourth-order valence-corrected chi connectivity index (χ4v) is 3.80. The molecule has 0 spiro atoms. The zero-order valence-corrected chi connectivity index (χ0v) is 15.1. The van der Waals surface area contributed by atoms with Crippen LogP contribution in [0.2, 0.25) is 0 Å².